The van der Waals surface area contributed by atoms with Crippen LogP contribution >= 0.6 is 0 Å². The molecule has 31 heavy (non-hydrogen) atoms. The average Bonchev–Trinajstić information content (AvgIpc) is 2.81. The zero-order chi connectivity index (χ0) is 21.5. The number of benzene rings is 1. The molecule has 0 radical (unpaired) electrons. The summed E-state index contributed by atoms with van der Waals surface area (Å²) in [5.41, 5.74) is 1.66. The minimum atomic E-state index is -0.204. The second kappa shape index (κ2) is 10.4. The fourth-order valence-electron chi connectivity index (χ4n) is 3.87. The van der Waals surface area contributed by atoms with E-state index in [9.17, 15) is 9.59 Å². The largest absolute Gasteiger partial charge is 0.482 e. The van der Waals surface area contributed by atoms with Crippen molar-refractivity contribution in [1.82, 2.24) is 14.8 Å². The SMILES string of the molecule is O=C(CN1C(=O)COc2ccccc21)N(CCCN1CCOCC1)Cc1ccncc1. The third kappa shape index (κ3) is 5.59. The minimum Gasteiger partial charge on any atom is -0.482 e. The quantitative estimate of drug-likeness (QED) is 0.640. The minimum absolute atomic E-state index is 0.00183. The summed E-state index contributed by atoms with van der Waals surface area (Å²) in [6, 6.07) is 11.2. The number of carbonyl (C=O) groups excluding carboxylic acids is 2. The van der Waals surface area contributed by atoms with Crippen LogP contribution < -0.4 is 9.64 Å². The number of amides is 2. The van der Waals surface area contributed by atoms with Gasteiger partial charge < -0.3 is 14.4 Å². The van der Waals surface area contributed by atoms with Crippen molar-refractivity contribution in [2.24, 2.45) is 0 Å². The molecule has 2 aromatic rings. The van der Waals surface area contributed by atoms with Gasteiger partial charge in [0.15, 0.2) is 6.61 Å². The van der Waals surface area contributed by atoms with Crippen LogP contribution in [0.4, 0.5) is 5.69 Å². The topological polar surface area (TPSA) is 75.2 Å². The van der Waals surface area contributed by atoms with E-state index in [1.807, 2.05) is 41.3 Å². The van der Waals surface area contributed by atoms with E-state index in [4.69, 9.17) is 9.47 Å². The molecule has 1 saturated heterocycles. The van der Waals surface area contributed by atoms with Crippen LogP contribution in [0.3, 0.4) is 0 Å². The maximum absolute atomic E-state index is 13.3. The lowest BCUT2D eigenvalue weighted by Crippen LogP contribution is -2.47. The second-order valence-corrected chi connectivity index (χ2v) is 7.71. The van der Waals surface area contributed by atoms with Crippen LogP contribution in [0.1, 0.15) is 12.0 Å². The lowest BCUT2D eigenvalue weighted by molar-refractivity contribution is -0.132. The Hall–Kier alpha value is -2.97. The van der Waals surface area contributed by atoms with E-state index >= 15 is 0 Å². The number of hydrogen-bond acceptors (Lipinski definition) is 6. The van der Waals surface area contributed by atoms with Crippen LogP contribution in [0.2, 0.25) is 0 Å². The smallest absolute Gasteiger partial charge is 0.265 e. The molecule has 3 heterocycles. The Labute approximate surface area is 182 Å². The average molecular weight is 425 g/mol. The summed E-state index contributed by atoms with van der Waals surface area (Å²) in [4.78, 5) is 35.6. The normalized spacial score (nSPS) is 16.5. The first-order chi connectivity index (χ1) is 15.2. The molecule has 164 valence electrons. The van der Waals surface area contributed by atoms with Gasteiger partial charge in [-0.3, -0.25) is 24.4 Å². The second-order valence-electron chi connectivity index (χ2n) is 7.71. The third-order valence-corrected chi connectivity index (χ3v) is 5.58. The highest BCUT2D eigenvalue weighted by Gasteiger charge is 2.28. The lowest BCUT2D eigenvalue weighted by Gasteiger charge is -2.32. The fraction of sp³-hybridized carbons (Fsp3) is 0.435. The van der Waals surface area contributed by atoms with E-state index in [2.05, 4.69) is 9.88 Å². The standard InChI is InChI=1S/C23H28N4O4/c28-22(17-27-20-4-1-2-5-21(20)31-18-23(27)29)26(16-19-6-8-24-9-7-19)11-3-10-25-12-14-30-15-13-25/h1-2,4-9H,3,10-18H2. The molecule has 8 nitrogen and oxygen atoms in total. The molecule has 4 rings (SSSR count). The summed E-state index contributed by atoms with van der Waals surface area (Å²) in [6.07, 6.45) is 4.32. The number of anilines is 1. The highest BCUT2D eigenvalue weighted by atomic mass is 16.5. The predicted octanol–water partition coefficient (Wildman–Crippen LogP) is 1.56. The van der Waals surface area contributed by atoms with Crippen molar-refractivity contribution in [2.45, 2.75) is 13.0 Å². The van der Waals surface area contributed by atoms with E-state index in [1.165, 1.54) is 4.90 Å². The van der Waals surface area contributed by atoms with Gasteiger partial charge >= 0.3 is 0 Å². The fourth-order valence-corrected chi connectivity index (χ4v) is 3.87. The number of hydrogen-bond donors (Lipinski definition) is 0. The number of aromatic nitrogens is 1. The Kier molecular flexibility index (Phi) is 7.11. The number of nitrogens with zero attached hydrogens (tertiary/aromatic N) is 4. The molecular weight excluding hydrogens is 396 g/mol. The van der Waals surface area contributed by atoms with Crippen molar-refractivity contribution in [3.8, 4) is 5.75 Å². The first kappa shape index (κ1) is 21.3. The molecule has 0 saturated carbocycles. The van der Waals surface area contributed by atoms with Crippen LogP contribution in [0.5, 0.6) is 5.75 Å². The molecule has 0 atom stereocenters. The van der Waals surface area contributed by atoms with Crippen LogP contribution in [-0.4, -0.2) is 79.1 Å². The zero-order valence-corrected chi connectivity index (χ0v) is 17.6. The molecule has 0 bridgehead atoms. The number of carbonyl (C=O) groups is 2. The predicted molar refractivity (Wildman–Crippen MR) is 116 cm³/mol. The Bertz CT molecular complexity index is 886. The van der Waals surface area contributed by atoms with E-state index < -0.39 is 0 Å². The maximum Gasteiger partial charge on any atom is 0.265 e. The Morgan fingerprint density at radius 1 is 1.10 bits per heavy atom. The first-order valence-corrected chi connectivity index (χ1v) is 10.7. The van der Waals surface area contributed by atoms with Crippen molar-refractivity contribution in [2.75, 3.05) is 57.4 Å². The first-order valence-electron chi connectivity index (χ1n) is 10.7. The molecule has 2 amide bonds. The van der Waals surface area contributed by atoms with Gasteiger partial charge in [0.1, 0.15) is 12.3 Å². The summed E-state index contributed by atoms with van der Waals surface area (Å²) in [6.45, 7) is 5.37. The van der Waals surface area contributed by atoms with Crippen molar-refractivity contribution < 1.29 is 19.1 Å². The Balaban J connectivity index is 1.43. The van der Waals surface area contributed by atoms with Crippen molar-refractivity contribution in [3.05, 3.63) is 54.4 Å². The number of para-hydroxylation sites is 2. The van der Waals surface area contributed by atoms with Gasteiger partial charge in [-0.15, -0.1) is 0 Å². The van der Waals surface area contributed by atoms with Crippen LogP contribution in [-0.2, 0) is 20.9 Å². The Morgan fingerprint density at radius 2 is 1.87 bits per heavy atom. The molecule has 0 spiro atoms. The van der Waals surface area contributed by atoms with Crippen LogP contribution in [0.15, 0.2) is 48.8 Å². The van der Waals surface area contributed by atoms with Crippen molar-refractivity contribution in [3.63, 3.8) is 0 Å². The van der Waals surface area contributed by atoms with Gasteiger partial charge in [0.05, 0.1) is 18.9 Å². The van der Waals surface area contributed by atoms with E-state index in [0.717, 1.165) is 44.8 Å². The highest BCUT2D eigenvalue weighted by Crippen LogP contribution is 2.31. The molecule has 8 heteroatoms. The molecule has 0 aliphatic carbocycles. The maximum atomic E-state index is 13.3. The van der Waals surface area contributed by atoms with Gasteiger partial charge in [-0.25, -0.2) is 0 Å². The van der Waals surface area contributed by atoms with E-state index in [-0.39, 0.29) is 25.0 Å². The molecule has 1 aromatic heterocycles. The molecule has 2 aliphatic heterocycles. The number of morpholine rings is 1. The molecule has 2 aliphatic rings. The zero-order valence-electron chi connectivity index (χ0n) is 17.6. The Morgan fingerprint density at radius 3 is 2.68 bits per heavy atom. The lowest BCUT2D eigenvalue weighted by atomic mass is 10.2. The van der Waals surface area contributed by atoms with Gasteiger partial charge in [0.2, 0.25) is 5.91 Å². The van der Waals surface area contributed by atoms with Gasteiger partial charge in [-0.05, 0) is 36.2 Å². The molecule has 0 unspecified atom stereocenters. The number of rotatable bonds is 8. The van der Waals surface area contributed by atoms with Gasteiger partial charge in [-0.2, -0.15) is 0 Å². The van der Waals surface area contributed by atoms with E-state index in [1.54, 1.807) is 12.4 Å². The number of fused-ring (bicyclic) bond motifs is 1. The number of pyridine rings is 1. The van der Waals surface area contributed by atoms with Crippen molar-refractivity contribution >= 4 is 17.5 Å². The summed E-state index contributed by atoms with van der Waals surface area (Å²) < 4.78 is 10.9. The third-order valence-electron chi connectivity index (χ3n) is 5.58. The molecule has 1 aromatic carbocycles. The summed E-state index contributed by atoms with van der Waals surface area (Å²) in [5.74, 6) is 0.343. The summed E-state index contributed by atoms with van der Waals surface area (Å²) in [7, 11) is 0. The van der Waals surface area contributed by atoms with Crippen LogP contribution in [0.25, 0.3) is 0 Å². The van der Waals surface area contributed by atoms with E-state index in [0.29, 0.717) is 24.5 Å². The van der Waals surface area contributed by atoms with Crippen molar-refractivity contribution in [1.29, 1.82) is 0 Å². The van der Waals surface area contributed by atoms with Gasteiger partial charge in [0, 0.05) is 45.1 Å². The number of ether oxygens (including phenoxy) is 2. The van der Waals surface area contributed by atoms with Gasteiger partial charge in [0.25, 0.3) is 5.91 Å². The molecular formula is C23H28N4O4. The van der Waals surface area contributed by atoms with Gasteiger partial charge in [-0.1, -0.05) is 12.1 Å². The monoisotopic (exact) mass is 424 g/mol. The molecule has 1 fully saturated rings. The highest BCUT2D eigenvalue weighted by molar-refractivity contribution is 6.02. The van der Waals surface area contributed by atoms with Crippen LogP contribution in [0, 0.1) is 0 Å². The summed E-state index contributed by atoms with van der Waals surface area (Å²) in [5, 5.41) is 0. The molecule has 0 N–H and O–H groups in total. The summed E-state index contributed by atoms with van der Waals surface area (Å²) >= 11 is 0.